The lowest BCUT2D eigenvalue weighted by Crippen LogP contribution is -2.51. The lowest BCUT2D eigenvalue weighted by molar-refractivity contribution is -0.0152. The molecule has 24 heavy (non-hydrogen) atoms. The van der Waals surface area contributed by atoms with Gasteiger partial charge in [0.05, 0.1) is 18.3 Å². The average molecular weight is 348 g/mol. The smallest absolute Gasteiger partial charge is 0.265 e. The Balaban J connectivity index is 1.67. The van der Waals surface area contributed by atoms with E-state index in [4.69, 9.17) is 9.47 Å². The first-order chi connectivity index (χ1) is 11.8. The van der Waals surface area contributed by atoms with Crippen LogP contribution in [0.25, 0.3) is 0 Å². The molecule has 7 nitrogen and oxygen atoms in total. The number of nitrogens with one attached hydrogen (secondary N) is 1. The highest BCUT2D eigenvalue weighted by molar-refractivity contribution is 7.08. The first-order valence-electron chi connectivity index (χ1n) is 8.05. The molecular weight excluding hydrogens is 328 g/mol. The molecule has 128 valence electrons. The van der Waals surface area contributed by atoms with E-state index < -0.39 is 0 Å². The number of ether oxygens (including phenoxy) is 2. The molecule has 1 saturated heterocycles. The van der Waals surface area contributed by atoms with Crippen LogP contribution in [-0.4, -0.2) is 45.8 Å². The molecule has 0 unspecified atom stereocenters. The van der Waals surface area contributed by atoms with Crippen molar-refractivity contribution in [3.05, 3.63) is 35.0 Å². The van der Waals surface area contributed by atoms with Gasteiger partial charge in [-0.05, 0) is 30.4 Å². The number of amides is 1. The fourth-order valence-corrected chi connectivity index (χ4v) is 3.19. The highest BCUT2D eigenvalue weighted by Crippen LogP contribution is 2.18. The summed E-state index contributed by atoms with van der Waals surface area (Å²) >= 11 is 1.13. The van der Waals surface area contributed by atoms with Crippen molar-refractivity contribution in [2.24, 2.45) is 0 Å². The van der Waals surface area contributed by atoms with Crippen molar-refractivity contribution in [1.29, 1.82) is 0 Å². The van der Waals surface area contributed by atoms with Crippen molar-refractivity contribution in [3.63, 3.8) is 0 Å². The number of rotatable bonds is 6. The quantitative estimate of drug-likeness (QED) is 0.857. The Morgan fingerprint density at radius 2 is 2.42 bits per heavy atom. The second-order valence-electron chi connectivity index (χ2n) is 5.57. The van der Waals surface area contributed by atoms with Crippen LogP contribution in [0.15, 0.2) is 24.4 Å². The second kappa shape index (κ2) is 8.16. The van der Waals surface area contributed by atoms with Crippen molar-refractivity contribution in [3.8, 4) is 5.88 Å². The number of pyridine rings is 1. The molecule has 1 amide bonds. The standard InChI is InChI=1S/C16H20N4O3S/c1-2-5-12-15(24-20-19-12)16(21)18-11-7-9-22-10-13(11)23-14-6-3-4-8-17-14/h3-4,6,8,11,13H,2,5,7,9-10H2,1H3,(H,18,21)/t11-,13-/m1/s1. The minimum Gasteiger partial charge on any atom is -0.470 e. The summed E-state index contributed by atoms with van der Waals surface area (Å²) in [7, 11) is 0. The summed E-state index contributed by atoms with van der Waals surface area (Å²) in [4.78, 5) is 17.3. The Hall–Kier alpha value is -2.06. The second-order valence-corrected chi connectivity index (χ2v) is 6.32. The molecule has 0 bridgehead atoms. The third-order valence-corrected chi connectivity index (χ3v) is 4.55. The first kappa shape index (κ1) is 16.8. The van der Waals surface area contributed by atoms with Crippen LogP contribution in [0.1, 0.15) is 35.1 Å². The van der Waals surface area contributed by atoms with Crippen LogP contribution >= 0.6 is 11.5 Å². The minimum absolute atomic E-state index is 0.134. The largest absolute Gasteiger partial charge is 0.470 e. The van der Waals surface area contributed by atoms with Gasteiger partial charge in [-0.25, -0.2) is 4.98 Å². The van der Waals surface area contributed by atoms with Gasteiger partial charge in [0.15, 0.2) is 0 Å². The van der Waals surface area contributed by atoms with Crippen molar-refractivity contribution in [2.75, 3.05) is 13.2 Å². The summed E-state index contributed by atoms with van der Waals surface area (Å²) in [6.07, 6.45) is 3.77. The van der Waals surface area contributed by atoms with E-state index in [1.165, 1.54) is 0 Å². The van der Waals surface area contributed by atoms with Crippen molar-refractivity contribution < 1.29 is 14.3 Å². The van der Waals surface area contributed by atoms with Gasteiger partial charge in [0.25, 0.3) is 5.91 Å². The Bertz CT molecular complexity index is 664. The lowest BCUT2D eigenvalue weighted by atomic mass is 10.1. The summed E-state index contributed by atoms with van der Waals surface area (Å²) < 4.78 is 15.3. The Kier molecular flexibility index (Phi) is 5.71. The molecule has 0 aliphatic carbocycles. The number of nitrogens with zero attached hydrogens (tertiary/aromatic N) is 3. The Morgan fingerprint density at radius 3 is 3.21 bits per heavy atom. The Labute approximate surface area is 144 Å². The van der Waals surface area contributed by atoms with Crippen molar-refractivity contribution in [2.45, 2.75) is 38.3 Å². The van der Waals surface area contributed by atoms with Gasteiger partial charge >= 0.3 is 0 Å². The number of carbonyl (C=O) groups is 1. The SMILES string of the molecule is CCCc1nnsc1C(=O)N[C@@H]1CCOC[C@H]1Oc1ccccn1. The molecule has 2 aromatic rings. The summed E-state index contributed by atoms with van der Waals surface area (Å²) in [6, 6.07) is 5.35. The highest BCUT2D eigenvalue weighted by Gasteiger charge is 2.30. The zero-order valence-corrected chi connectivity index (χ0v) is 14.3. The van der Waals surface area contributed by atoms with Crippen molar-refractivity contribution in [1.82, 2.24) is 19.9 Å². The molecule has 1 aliphatic heterocycles. The highest BCUT2D eigenvalue weighted by atomic mass is 32.1. The lowest BCUT2D eigenvalue weighted by Gasteiger charge is -2.31. The van der Waals surface area contributed by atoms with Gasteiger partial charge < -0.3 is 14.8 Å². The zero-order chi connectivity index (χ0) is 16.8. The molecule has 0 radical (unpaired) electrons. The van der Waals surface area contributed by atoms with Gasteiger partial charge in [-0.15, -0.1) is 5.10 Å². The molecule has 0 aromatic carbocycles. The molecule has 2 atom stereocenters. The number of carbonyl (C=O) groups excluding carboxylic acids is 1. The molecule has 8 heteroatoms. The predicted octanol–water partition coefficient (Wildman–Crippen LogP) is 1.85. The van der Waals surface area contributed by atoms with Gasteiger partial charge in [-0.1, -0.05) is 23.9 Å². The van der Waals surface area contributed by atoms with E-state index in [0.29, 0.717) is 30.4 Å². The topological polar surface area (TPSA) is 86.2 Å². The van der Waals surface area contributed by atoms with Gasteiger partial charge in [0.1, 0.15) is 11.0 Å². The van der Waals surface area contributed by atoms with Gasteiger partial charge in [0, 0.05) is 18.9 Å². The molecule has 2 aromatic heterocycles. The van der Waals surface area contributed by atoms with Crippen LogP contribution in [0.2, 0.25) is 0 Å². The summed E-state index contributed by atoms with van der Waals surface area (Å²) in [6.45, 7) is 3.07. The predicted molar refractivity (Wildman–Crippen MR) is 89.2 cm³/mol. The number of aryl methyl sites for hydroxylation is 1. The zero-order valence-electron chi connectivity index (χ0n) is 13.5. The monoisotopic (exact) mass is 348 g/mol. The molecule has 0 saturated carbocycles. The summed E-state index contributed by atoms with van der Waals surface area (Å²) in [5.41, 5.74) is 0.759. The molecule has 0 spiro atoms. The molecular formula is C16H20N4O3S. The van der Waals surface area contributed by atoms with Crippen molar-refractivity contribution >= 4 is 17.4 Å². The van der Waals surface area contributed by atoms with E-state index >= 15 is 0 Å². The van der Waals surface area contributed by atoms with Crippen LogP contribution in [0.5, 0.6) is 5.88 Å². The summed E-state index contributed by atoms with van der Waals surface area (Å²) in [5.74, 6) is 0.383. The molecule has 1 N–H and O–H groups in total. The average Bonchev–Trinajstić information content (AvgIpc) is 3.06. The maximum Gasteiger partial charge on any atom is 0.265 e. The molecule has 3 rings (SSSR count). The van der Waals surface area contributed by atoms with E-state index in [0.717, 1.165) is 30.1 Å². The van der Waals surface area contributed by atoms with E-state index in [-0.39, 0.29) is 18.1 Å². The molecule has 1 aliphatic rings. The fraction of sp³-hybridized carbons (Fsp3) is 0.500. The number of hydrogen-bond donors (Lipinski definition) is 1. The third kappa shape index (κ3) is 4.07. The van der Waals surface area contributed by atoms with Crippen LogP contribution < -0.4 is 10.1 Å². The maximum absolute atomic E-state index is 12.6. The van der Waals surface area contributed by atoms with Gasteiger partial charge in [-0.3, -0.25) is 4.79 Å². The first-order valence-corrected chi connectivity index (χ1v) is 8.82. The van der Waals surface area contributed by atoms with Crippen LogP contribution in [0.4, 0.5) is 0 Å². The van der Waals surface area contributed by atoms with Crippen LogP contribution in [-0.2, 0) is 11.2 Å². The molecule has 1 fully saturated rings. The fourth-order valence-electron chi connectivity index (χ4n) is 2.58. The minimum atomic E-state index is -0.270. The van der Waals surface area contributed by atoms with E-state index in [9.17, 15) is 4.79 Å². The normalized spacial score (nSPS) is 20.5. The van der Waals surface area contributed by atoms with E-state index in [1.807, 2.05) is 12.1 Å². The Morgan fingerprint density at radius 1 is 1.50 bits per heavy atom. The third-order valence-electron chi connectivity index (χ3n) is 3.78. The van der Waals surface area contributed by atoms with E-state index in [2.05, 4.69) is 26.8 Å². The van der Waals surface area contributed by atoms with E-state index in [1.54, 1.807) is 12.3 Å². The number of aromatic nitrogens is 3. The number of hydrogen-bond acceptors (Lipinski definition) is 7. The van der Waals surface area contributed by atoms with Gasteiger partial charge in [0.2, 0.25) is 5.88 Å². The maximum atomic E-state index is 12.6. The summed E-state index contributed by atoms with van der Waals surface area (Å²) in [5, 5.41) is 7.10. The van der Waals surface area contributed by atoms with Gasteiger partial charge in [-0.2, -0.15) is 0 Å². The van der Waals surface area contributed by atoms with Crippen LogP contribution in [0.3, 0.4) is 0 Å². The molecule has 3 heterocycles. The van der Waals surface area contributed by atoms with Crippen LogP contribution in [0, 0.1) is 0 Å².